The molecule has 2 rings (SSSR count). The Morgan fingerprint density at radius 1 is 1.43 bits per heavy atom. The first kappa shape index (κ1) is 9.29. The molecule has 0 aliphatic heterocycles. The minimum atomic E-state index is -0.437. The second kappa shape index (κ2) is 3.14. The molecular weight excluding hydrogens is 220 g/mol. The highest BCUT2D eigenvalue weighted by atomic mass is 32.1. The van der Waals surface area contributed by atoms with Crippen LogP contribution in [0.5, 0.6) is 0 Å². The van der Waals surface area contributed by atoms with Crippen LogP contribution >= 0.6 is 24.0 Å². The van der Waals surface area contributed by atoms with Crippen molar-refractivity contribution in [2.24, 2.45) is 0 Å². The summed E-state index contributed by atoms with van der Waals surface area (Å²) in [5, 5.41) is 12.0. The number of nitro benzene ring substituents is 1. The molecule has 2 aromatic rings. The van der Waals surface area contributed by atoms with Crippen molar-refractivity contribution in [2.45, 2.75) is 4.90 Å². The number of thiol groups is 1. The number of benzene rings is 1. The van der Waals surface area contributed by atoms with Gasteiger partial charge in [0.2, 0.25) is 0 Å². The van der Waals surface area contributed by atoms with E-state index in [2.05, 4.69) is 12.6 Å². The molecule has 0 bridgehead atoms. The third-order valence-electron chi connectivity index (χ3n) is 1.81. The number of hydrogen-bond acceptors (Lipinski definition) is 5. The van der Waals surface area contributed by atoms with E-state index in [1.165, 1.54) is 23.5 Å². The fraction of sp³-hybridized carbons (Fsp3) is 0. The second-order valence-corrected chi connectivity index (χ2v) is 4.35. The molecule has 0 saturated carbocycles. The van der Waals surface area contributed by atoms with E-state index in [9.17, 15) is 10.1 Å². The van der Waals surface area contributed by atoms with E-state index in [4.69, 9.17) is 5.73 Å². The Morgan fingerprint density at radius 2 is 2.14 bits per heavy atom. The van der Waals surface area contributed by atoms with Crippen LogP contribution in [-0.2, 0) is 0 Å². The van der Waals surface area contributed by atoms with Crippen molar-refractivity contribution in [3.8, 4) is 0 Å². The number of nitro groups is 1. The average Bonchev–Trinajstić information content (AvgIpc) is 2.45. The number of anilines is 1. The van der Waals surface area contributed by atoms with E-state index in [1.807, 2.05) is 0 Å². The summed E-state index contributed by atoms with van der Waals surface area (Å²) >= 11 is 5.56. The number of thiophene rings is 1. The Balaban J connectivity index is 2.77. The SMILES string of the molecule is Nc1cc2cc([N+](=O)[O-])cc(S)c2s1. The summed E-state index contributed by atoms with van der Waals surface area (Å²) in [5.74, 6) is 0. The molecule has 0 atom stereocenters. The number of non-ortho nitro benzene ring substituents is 1. The minimum absolute atomic E-state index is 0.0419. The first-order chi connectivity index (χ1) is 6.58. The summed E-state index contributed by atoms with van der Waals surface area (Å²) in [6, 6.07) is 4.65. The van der Waals surface area contributed by atoms with Crippen LogP contribution in [0, 0.1) is 10.1 Å². The first-order valence-electron chi connectivity index (χ1n) is 3.74. The molecule has 0 fully saturated rings. The lowest BCUT2D eigenvalue weighted by molar-refractivity contribution is -0.384. The van der Waals surface area contributed by atoms with Crippen molar-refractivity contribution in [2.75, 3.05) is 5.73 Å². The lowest BCUT2D eigenvalue weighted by Crippen LogP contribution is -1.86. The van der Waals surface area contributed by atoms with E-state index in [0.29, 0.717) is 9.90 Å². The molecule has 0 spiro atoms. The van der Waals surface area contributed by atoms with Crippen LogP contribution in [0.25, 0.3) is 10.1 Å². The molecule has 1 aromatic carbocycles. The quantitative estimate of drug-likeness (QED) is 0.446. The predicted octanol–water partition coefficient (Wildman–Crippen LogP) is 2.68. The van der Waals surface area contributed by atoms with Crippen LogP contribution in [0.4, 0.5) is 10.7 Å². The summed E-state index contributed by atoms with van der Waals surface area (Å²) in [5.41, 5.74) is 5.64. The standard InChI is InChI=1S/C8H6N2O2S2/c9-7-2-4-1-5(10(11)12)3-6(13)8(4)14-7/h1-3,13H,9H2. The molecule has 0 radical (unpaired) electrons. The van der Waals surface area contributed by atoms with Crippen molar-refractivity contribution in [1.82, 2.24) is 0 Å². The lowest BCUT2D eigenvalue weighted by atomic mass is 10.2. The van der Waals surface area contributed by atoms with Gasteiger partial charge in [-0.3, -0.25) is 10.1 Å². The van der Waals surface area contributed by atoms with Crippen LogP contribution in [0.15, 0.2) is 23.1 Å². The van der Waals surface area contributed by atoms with E-state index >= 15 is 0 Å². The van der Waals surface area contributed by atoms with Crippen LogP contribution in [0.2, 0.25) is 0 Å². The maximum atomic E-state index is 10.5. The van der Waals surface area contributed by atoms with Crippen molar-refractivity contribution in [3.05, 3.63) is 28.3 Å². The largest absolute Gasteiger partial charge is 0.391 e. The van der Waals surface area contributed by atoms with E-state index in [0.717, 1.165) is 10.1 Å². The molecule has 0 amide bonds. The molecule has 6 heteroatoms. The summed E-state index contributed by atoms with van der Waals surface area (Å²) in [7, 11) is 0. The van der Waals surface area contributed by atoms with Gasteiger partial charge in [-0.1, -0.05) is 0 Å². The fourth-order valence-corrected chi connectivity index (χ4v) is 2.46. The highest BCUT2D eigenvalue weighted by Gasteiger charge is 2.11. The van der Waals surface area contributed by atoms with Gasteiger partial charge in [-0.05, 0) is 6.07 Å². The number of nitrogens with zero attached hydrogens (tertiary/aromatic N) is 1. The van der Waals surface area contributed by atoms with E-state index in [-0.39, 0.29) is 5.69 Å². The molecule has 0 unspecified atom stereocenters. The number of rotatable bonds is 1. The van der Waals surface area contributed by atoms with Gasteiger partial charge in [-0.15, -0.1) is 24.0 Å². The van der Waals surface area contributed by atoms with E-state index < -0.39 is 4.92 Å². The monoisotopic (exact) mass is 226 g/mol. The number of nitrogens with two attached hydrogens (primary N) is 1. The zero-order valence-corrected chi connectivity index (χ0v) is 8.64. The maximum absolute atomic E-state index is 10.5. The molecule has 0 aliphatic carbocycles. The van der Waals surface area contributed by atoms with Gasteiger partial charge in [-0.25, -0.2) is 0 Å². The van der Waals surface area contributed by atoms with Crippen LogP contribution in [-0.4, -0.2) is 4.92 Å². The second-order valence-electron chi connectivity index (χ2n) is 2.79. The van der Waals surface area contributed by atoms with Gasteiger partial charge in [-0.2, -0.15) is 0 Å². The molecule has 1 aromatic heterocycles. The van der Waals surface area contributed by atoms with Crippen LogP contribution in [0.1, 0.15) is 0 Å². The Hall–Kier alpha value is -1.27. The summed E-state index contributed by atoms with van der Waals surface area (Å²) in [4.78, 5) is 10.7. The normalized spacial score (nSPS) is 10.6. The van der Waals surface area contributed by atoms with Crippen LogP contribution < -0.4 is 5.73 Å². The van der Waals surface area contributed by atoms with Crippen molar-refractivity contribution in [3.63, 3.8) is 0 Å². The number of hydrogen-bond donors (Lipinski definition) is 2. The zero-order chi connectivity index (χ0) is 10.3. The summed E-state index contributed by atoms with van der Waals surface area (Å²) in [6.07, 6.45) is 0. The molecule has 14 heavy (non-hydrogen) atoms. The molecule has 0 aliphatic rings. The highest BCUT2D eigenvalue weighted by Crippen LogP contribution is 2.35. The minimum Gasteiger partial charge on any atom is -0.391 e. The van der Waals surface area contributed by atoms with Crippen molar-refractivity contribution >= 4 is 44.7 Å². The fourth-order valence-electron chi connectivity index (χ4n) is 1.24. The zero-order valence-electron chi connectivity index (χ0n) is 6.93. The summed E-state index contributed by atoms with van der Waals surface area (Å²) < 4.78 is 0.886. The average molecular weight is 226 g/mol. The van der Waals surface area contributed by atoms with Crippen molar-refractivity contribution in [1.29, 1.82) is 0 Å². The smallest absolute Gasteiger partial charge is 0.271 e. The highest BCUT2D eigenvalue weighted by molar-refractivity contribution is 7.80. The summed E-state index contributed by atoms with van der Waals surface area (Å²) in [6.45, 7) is 0. The third-order valence-corrected chi connectivity index (χ3v) is 3.33. The maximum Gasteiger partial charge on any atom is 0.271 e. The first-order valence-corrected chi connectivity index (χ1v) is 5.01. The van der Waals surface area contributed by atoms with Gasteiger partial charge in [0, 0.05) is 22.4 Å². The van der Waals surface area contributed by atoms with Crippen LogP contribution in [0.3, 0.4) is 0 Å². The van der Waals surface area contributed by atoms with Gasteiger partial charge >= 0.3 is 0 Å². The Bertz CT molecular complexity index is 521. The molecule has 0 saturated heterocycles. The van der Waals surface area contributed by atoms with E-state index in [1.54, 1.807) is 6.07 Å². The van der Waals surface area contributed by atoms with Gasteiger partial charge in [0.1, 0.15) is 0 Å². The van der Waals surface area contributed by atoms with Gasteiger partial charge in [0.15, 0.2) is 0 Å². The van der Waals surface area contributed by atoms with Crippen molar-refractivity contribution < 1.29 is 4.92 Å². The topological polar surface area (TPSA) is 69.2 Å². The molecule has 2 N–H and O–H groups in total. The number of nitrogen functional groups attached to an aromatic ring is 1. The molecular formula is C8H6N2O2S2. The number of fused-ring (bicyclic) bond motifs is 1. The molecule has 72 valence electrons. The Kier molecular flexibility index (Phi) is 2.09. The predicted molar refractivity (Wildman–Crippen MR) is 60.1 cm³/mol. The molecule has 1 heterocycles. The lowest BCUT2D eigenvalue weighted by Gasteiger charge is -1.95. The van der Waals surface area contributed by atoms with Gasteiger partial charge < -0.3 is 5.73 Å². The Morgan fingerprint density at radius 3 is 2.79 bits per heavy atom. The third kappa shape index (κ3) is 1.42. The van der Waals surface area contributed by atoms with Gasteiger partial charge in [0.25, 0.3) is 5.69 Å². The molecule has 4 nitrogen and oxygen atoms in total. The Labute approximate surface area is 88.9 Å². The van der Waals surface area contributed by atoms with Gasteiger partial charge in [0.05, 0.1) is 14.6 Å².